The minimum atomic E-state index is 0.124. The number of benzene rings is 3. The first-order valence-corrected chi connectivity index (χ1v) is 9.08. The third kappa shape index (κ3) is 3.70. The van der Waals surface area contributed by atoms with Crippen molar-refractivity contribution in [3.8, 4) is 17.2 Å². The summed E-state index contributed by atoms with van der Waals surface area (Å²) in [6.45, 7) is 0. The van der Waals surface area contributed by atoms with Crippen LogP contribution in [0, 0.1) is 0 Å². The van der Waals surface area contributed by atoms with E-state index in [1.54, 1.807) is 24.4 Å². The second kappa shape index (κ2) is 7.37. The van der Waals surface area contributed by atoms with Crippen LogP contribution in [0.5, 0.6) is 5.75 Å². The molecule has 4 aromatic rings. The Kier molecular flexibility index (Phi) is 4.75. The fourth-order valence-electron chi connectivity index (χ4n) is 2.79. The van der Waals surface area contributed by atoms with Gasteiger partial charge in [-0.2, -0.15) is 0 Å². The maximum absolute atomic E-state index is 9.89. The van der Waals surface area contributed by atoms with E-state index in [1.807, 2.05) is 61.5 Å². The van der Waals surface area contributed by atoms with Crippen LogP contribution in [0.1, 0.15) is 5.56 Å². The quantitative estimate of drug-likeness (QED) is 0.455. The van der Waals surface area contributed by atoms with Gasteiger partial charge in [-0.15, -0.1) is 0 Å². The molecule has 3 aromatic carbocycles. The molecule has 28 heavy (non-hydrogen) atoms. The lowest BCUT2D eigenvalue weighted by atomic mass is 10.2. The predicted octanol–water partition coefficient (Wildman–Crippen LogP) is 5.67. The Bertz CT molecular complexity index is 1160. The van der Waals surface area contributed by atoms with E-state index in [0.717, 1.165) is 16.8 Å². The highest BCUT2D eigenvalue weighted by atomic mass is 35.5. The molecule has 0 saturated heterocycles. The number of halogens is 1. The van der Waals surface area contributed by atoms with E-state index < -0.39 is 0 Å². The molecule has 4 rings (SSSR count). The number of aromatic nitrogens is 1. The van der Waals surface area contributed by atoms with Crippen molar-refractivity contribution in [1.29, 1.82) is 0 Å². The largest absolute Gasteiger partial charge is 0.507 e. The van der Waals surface area contributed by atoms with Crippen LogP contribution in [0.4, 0.5) is 11.4 Å². The standard InChI is InChI=1S/C22H18ClN3O2/c1-26(2)18-7-3-14(4-8-18)22-25-19-12-17(6-10-21(19)28-22)24-13-15-11-16(23)5-9-20(15)27/h3-13,27H,1-2H3. The summed E-state index contributed by atoms with van der Waals surface area (Å²) in [7, 11) is 4.00. The van der Waals surface area contributed by atoms with Crippen molar-refractivity contribution < 1.29 is 9.52 Å². The van der Waals surface area contributed by atoms with E-state index >= 15 is 0 Å². The van der Waals surface area contributed by atoms with Gasteiger partial charge in [-0.1, -0.05) is 11.6 Å². The molecule has 5 nitrogen and oxygen atoms in total. The van der Waals surface area contributed by atoms with Gasteiger partial charge in [0.1, 0.15) is 11.3 Å². The number of fused-ring (bicyclic) bond motifs is 1. The molecule has 0 radical (unpaired) electrons. The first kappa shape index (κ1) is 18.1. The minimum Gasteiger partial charge on any atom is -0.507 e. The lowest BCUT2D eigenvalue weighted by Gasteiger charge is -2.11. The lowest BCUT2D eigenvalue weighted by Crippen LogP contribution is -2.07. The van der Waals surface area contributed by atoms with E-state index in [4.69, 9.17) is 16.0 Å². The number of anilines is 1. The van der Waals surface area contributed by atoms with Gasteiger partial charge in [0.05, 0.1) is 5.69 Å². The van der Waals surface area contributed by atoms with Gasteiger partial charge in [0.15, 0.2) is 5.58 Å². The van der Waals surface area contributed by atoms with Crippen molar-refractivity contribution in [2.24, 2.45) is 4.99 Å². The maximum atomic E-state index is 9.89. The van der Waals surface area contributed by atoms with Crippen LogP contribution < -0.4 is 4.90 Å². The van der Waals surface area contributed by atoms with E-state index in [-0.39, 0.29) is 5.75 Å². The summed E-state index contributed by atoms with van der Waals surface area (Å²) < 4.78 is 5.87. The molecule has 0 unspecified atom stereocenters. The summed E-state index contributed by atoms with van der Waals surface area (Å²) in [6.07, 6.45) is 1.57. The molecule has 1 aromatic heterocycles. The van der Waals surface area contributed by atoms with Crippen molar-refractivity contribution in [2.45, 2.75) is 0 Å². The Morgan fingerprint density at radius 3 is 2.57 bits per heavy atom. The Morgan fingerprint density at radius 1 is 1.04 bits per heavy atom. The molecule has 0 aliphatic carbocycles. The van der Waals surface area contributed by atoms with Crippen molar-refractivity contribution in [3.63, 3.8) is 0 Å². The van der Waals surface area contributed by atoms with Crippen molar-refractivity contribution in [3.05, 3.63) is 71.2 Å². The minimum absolute atomic E-state index is 0.124. The lowest BCUT2D eigenvalue weighted by molar-refractivity contribution is 0.474. The molecule has 6 heteroatoms. The van der Waals surface area contributed by atoms with E-state index in [9.17, 15) is 5.11 Å². The molecule has 0 aliphatic rings. The molecule has 0 bridgehead atoms. The molecule has 1 heterocycles. The van der Waals surface area contributed by atoms with E-state index in [1.165, 1.54) is 0 Å². The summed E-state index contributed by atoms with van der Waals surface area (Å²) in [5.74, 6) is 0.688. The number of oxazole rings is 1. The molecule has 0 saturated carbocycles. The van der Waals surface area contributed by atoms with Gasteiger partial charge in [0.2, 0.25) is 5.89 Å². The summed E-state index contributed by atoms with van der Waals surface area (Å²) in [5, 5.41) is 10.4. The molecule has 1 N–H and O–H groups in total. The fourth-order valence-corrected chi connectivity index (χ4v) is 2.98. The summed E-state index contributed by atoms with van der Waals surface area (Å²) >= 11 is 5.97. The Morgan fingerprint density at radius 2 is 1.82 bits per heavy atom. The molecular formula is C22H18ClN3O2. The van der Waals surface area contributed by atoms with Gasteiger partial charge in [-0.05, 0) is 60.7 Å². The molecule has 0 spiro atoms. The van der Waals surface area contributed by atoms with E-state index in [2.05, 4.69) is 9.98 Å². The highest BCUT2D eigenvalue weighted by molar-refractivity contribution is 6.30. The van der Waals surface area contributed by atoms with Crippen LogP contribution in [0.2, 0.25) is 5.02 Å². The average molecular weight is 392 g/mol. The zero-order valence-corrected chi connectivity index (χ0v) is 16.2. The zero-order chi connectivity index (χ0) is 19.7. The summed E-state index contributed by atoms with van der Waals surface area (Å²) in [4.78, 5) is 11.0. The van der Waals surface area contributed by atoms with Crippen LogP contribution in [-0.4, -0.2) is 30.4 Å². The second-order valence-electron chi connectivity index (χ2n) is 6.57. The summed E-state index contributed by atoms with van der Waals surface area (Å²) in [5.41, 5.74) is 4.69. The molecule has 0 atom stereocenters. The Labute approximate surface area is 167 Å². The number of hydrogen-bond donors (Lipinski definition) is 1. The Balaban J connectivity index is 1.63. The molecule has 0 fully saturated rings. The van der Waals surface area contributed by atoms with Crippen molar-refractivity contribution in [1.82, 2.24) is 4.98 Å². The highest BCUT2D eigenvalue weighted by Gasteiger charge is 2.09. The normalized spacial score (nSPS) is 11.4. The number of nitrogens with zero attached hydrogens (tertiary/aromatic N) is 3. The first-order chi connectivity index (χ1) is 13.5. The predicted molar refractivity (Wildman–Crippen MR) is 114 cm³/mol. The van der Waals surface area contributed by atoms with Gasteiger partial charge in [-0.3, -0.25) is 4.99 Å². The van der Waals surface area contributed by atoms with Gasteiger partial charge in [-0.25, -0.2) is 4.98 Å². The van der Waals surface area contributed by atoms with Gasteiger partial charge >= 0.3 is 0 Å². The van der Waals surface area contributed by atoms with E-state index in [0.29, 0.717) is 27.7 Å². The number of phenols is 1. The molecule has 0 aliphatic heterocycles. The van der Waals surface area contributed by atoms with Crippen molar-refractivity contribution >= 4 is 40.3 Å². The number of phenolic OH excluding ortho intramolecular Hbond substituents is 1. The topological polar surface area (TPSA) is 61.9 Å². The van der Waals surface area contributed by atoms with Crippen LogP contribution >= 0.6 is 11.6 Å². The highest BCUT2D eigenvalue weighted by Crippen LogP contribution is 2.28. The molecular weight excluding hydrogens is 374 g/mol. The monoisotopic (exact) mass is 391 g/mol. The number of aromatic hydroxyl groups is 1. The maximum Gasteiger partial charge on any atom is 0.227 e. The summed E-state index contributed by atoms with van der Waals surface area (Å²) in [6, 6.07) is 18.4. The molecule has 0 amide bonds. The number of aliphatic imine (C=N–C) groups is 1. The third-order valence-electron chi connectivity index (χ3n) is 4.34. The smallest absolute Gasteiger partial charge is 0.227 e. The van der Waals surface area contributed by atoms with Crippen LogP contribution in [0.3, 0.4) is 0 Å². The first-order valence-electron chi connectivity index (χ1n) is 8.70. The van der Waals surface area contributed by atoms with Crippen LogP contribution in [0.25, 0.3) is 22.6 Å². The fraction of sp³-hybridized carbons (Fsp3) is 0.0909. The van der Waals surface area contributed by atoms with Gasteiger partial charge in [0, 0.05) is 42.1 Å². The average Bonchev–Trinajstić information content (AvgIpc) is 3.12. The number of hydrogen-bond acceptors (Lipinski definition) is 5. The molecule has 140 valence electrons. The Hall–Kier alpha value is -3.31. The van der Waals surface area contributed by atoms with Crippen molar-refractivity contribution in [2.75, 3.05) is 19.0 Å². The number of rotatable bonds is 4. The van der Waals surface area contributed by atoms with Crippen LogP contribution in [-0.2, 0) is 0 Å². The van der Waals surface area contributed by atoms with Gasteiger partial charge < -0.3 is 14.4 Å². The SMILES string of the molecule is CN(C)c1ccc(-c2nc3cc(N=Cc4cc(Cl)ccc4O)ccc3o2)cc1. The van der Waals surface area contributed by atoms with Gasteiger partial charge in [0.25, 0.3) is 0 Å². The third-order valence-corrected chi connectivity index (χ3v) is 4.58. The second-order valence-corrected chi connectivity index (χ2v) is 7.01. The van der Waals surface area contributed by atoms with Crippen LogP contribution in [0.15, 0.2) is 70.1 Å². The zero-order valence-electron chi connectivity index (χ0n) is 15.4.